The first-order chi connectivity index (χ1) is 10.0. The first-order valence-corrected chi connectivity index (χ1v) is 7.71. The average molecular weight is 435 g/mol. The predicted octanol–water partition coefficient (Wildman–Crippen LogP) is 1.85. The van der Waals surface area contributed by atoms with Crippen molar-refractivity contribution < 1.29 is 5.11 Å². The fourth-order valence-electron chi connectivity index (χ4n) is 2.95. The van der Waals surface area contributed by atoms with E-state index in [-0.39, 0.29) is 34.8 Å². The largest absolute Gasteiger partial charge is 0.383 e. The van der Waals surface area contributed by atoms with Crippen LogP contribution in [0.4, 0.5) is 0 Å². The SMILES string of the molecule is CN=C(NCC(C)(O)c1cnn(C)c1)NC1C(C)(C)C1(C)C.I. The van der Waals surface area contributed by atoms with Gasteiger partial charge in [-0.1, -0.05) is 27.7 Å². The topological polar surface area (TPSA) is 74.5 Å². The summed E-state index contributed by atoms with van der Waals surface area (Å²) in [5.74, 6) is 0.716. The van der Waals surface area contributed by atoms with Crippen LogP contribution in [0.3, 0.4) is 0 Å². The Morgan fingerprint density at radius 3 is 2.35 bits per heavy atom. The van der Waals surface area contributed by atoms with Crippen molar-refractivity contribution in [1.82, 2.24) is 20.4 Å². The number of hydrogen-bond acceptors (Lipinski definition) is 3. The lowest BCUT2D eigenvalue weighted by atomic mass is 10.00. The van der Waals surface area contributed by atoms with E-state index in [4.69, 9.17) is 0 Å². The van der Waals surface area contributed by atoms with Gasteiger partial charge in [0.05, 0.1) is 12.7 Å². The molecule has 132 valence electrons. The van der Waals surface area contributed by atoms with Gasteiger partial charge in [0.15, 0.2) is 5.96 Å². The smallest absolute Gasteiger partial charge is 0.191 e. The van der Waals surface area contributed by atoms with Crippen LogP contribution in [0.25, 0.3) is 0 Å². The summed E-state index contributed by atoms with van der Waals surface area (Å²) in [6, 6.07) is 0.370. The van der Waals surface area contributed by atoms with Crippen LogP contribution in [0.15, 0.2) is 17.4 Å². The number of rotatable bonds is 4. The van der Waals surface area contributed by atoms with E-state index in [1.54, 1.807) is 24.9 Å². The highest BCUT2D eigenvalue weighted by Gasteiger charge is 2.65. The second kappa shape index (κ2) is 6.58. The lowest BCUT2D eigenvalue weighted by molar-refractivity contribution is 0.0616. The molecule has 1 heterocycles. The molecule has 0 aliphatic heterocycles. The zero-order valence-corrected chi connectivity index (χ0v) is 17.5. The molecular weight excluding hydrogens is 405 g/mol. The van der Waals surface area contributed by atoms with Gasteiger partial charge in [0.25, 0.3) is 0 Å². The van der Waals surface area contributed by atoms with E-state index in [1.165, 1.54) is 0 Å². The van der Waals surface area contributed by atoms with Crippen LogP contribution in [0, 0.1) is 10.8 Å². The number of guanidine groups is 1. The summed E-state index contributed by atoms with van der Waals surface area (Å²) in [5, 5.41) is 21.4. The van der Waals surface area contributed by atoms with Crippen LogP contribution < -0.4 is 10.6 Å². The Morgan fingerprint density at radius 2 is 1.96 bits per heavy atom. The van der Waals surface area contributed by atoms with E-state index in [0.717, 1.165) is 5.56 Å². The molecule has 0 saturated heterocycles. The fourth-order valence-corrected chi connectivity index (χ4v) is 2.95. The van der Waals surface area contributed by atoms with Crippen LogP contribution in [0.5, 0.6) is 0 Å². The normalized spacial score (nSPS) is 22.0. The molecule has 7 heteroatoms. The minimum absolute atomic E-state index is 0. The molecule has 0 radical (unpaired) electrons. The van der Waals surface area contributed by atoms with Gasteiger partial charge in [0, 0.05) is 31.9 Å². The summed E-state index contributed by atoms with van der Waals surface area (Å²) in [7, 11) is 3.58. The molecule has 0 spiro atoms. The lowest BCUT2D eigenvalue weighted by Crippen LogP contribution is -2.46. The summed E-state index contributed by atoms with van der Waals surface area (Å²) in [5.41, 5.74) is 0.248. The van der Waals surface area contributed by atoms with Crippen molar-refractivity contribution >= 4 is 29.9 Å². The minimum atomic E-state index is -1.000. The van der Waals surface area contributed by atoms with Crippen LogP contribution in [0.2, 0.25) is 0 Å². The van der Waals surface area contributed by atoms with Gasteiger partial charge in [-0.25, -0.2) is 0 Å². The van der Waals surface area contributed by atoms with Crippen molar-refractivity contribution in [1.29, 1.82) is 0 Å². The Hall–Kier alpha value is -0.830. The number of halogens is 1. The monoisotopic (exact) mass is 435 g/mol. The summed E-state index contributed by atoms with van der Waals surface area (Å²) >= 11 is 0. The van der Waals surface area contributed by atoms with Crippen molar-refractivity contribution in [2.75, 3.05) is 13.6 Å². The van der Waals surface area contributed by atoms with E-state index >= 15 is 0 Å². The second-order valence-electron chi connectivity index (χ2n) is 7.62. The Balaban J connectivity index is 0.00000264. The molecule has 1 fully saturated rings. The highest BCUT2D eigenvalue weighted by Crippen LogP contribution is 2.62. The van der Waals surface area contributed by atoms with Gasteiger partial charge in [-0.2, -0.15) is 5.10 Å². The van der Waals surface area contributed by atoms with E-state index < -0.39 is 5.60 Å². The fraction of sp³-hybridized carbons (Fsp3) is 0.750. The number of nitrogens with one attached hydrogen (secondary N) is 2. The van der Waals surface area contributed by atoms with Crippen molar-refractivity contribution in [2.45, 2.75) is 46.3 Å². The minimum Gasteiger partial charge on any atom is -0.383 e. The molecule has 1 aromatic rings. The average Bonchev–Trinajstić information content (AvgIpc) is 2.75. The van der Waals surface area contributed by atoms with Gasteiger partial charge < -0.3 is 15.7 Å². The van der Waals surface area contributed by atoms with E-state index in [0.29, 0.717) is 18.5 Å². The maximum atomic E-state index is 10.6. The summed E-state index contributed by atoms with van der Waals surface area (Å²) in [4.78, 5) is 4.26. The summed E-state index contributed by atoms with van der Waals surface area (Å²) < 4.78 is 1.69. The third kappa shape index (κ3) is 3.81. The molecule has 1 unspecified atom stereocenters. The Kier molecular flexibility index (Phi) is 5.79. The molecule has 0 bridgehead atoms. The quantitative estimate of drug-likeness (QED) is 0.384. The first kappa shape index (κ1) is 20.2. The zero-order chi connectivity index (χ0) is 16.8. The van der Waals surface area contributed by atoms with Crippen LogP contribution in [0.1, 0.15) is 40.2 Å². The molecule has 6 nitrogen and oxygen atoms in total. The third-order valence-electron chi connectivity index (χ3n) is 5.45. The molecule has 23 heavy (non-hydrogen) atoms. The number of hydrogen-bond donors (Lipinski definition) is 3. The molecule has 0 amide bonds. The molecule has 0 aromatic carbocycles. The number of aliphatic imine (C=N–C) groups is 1. The van der Waals surface area contributed by atoms with Crippen molar-refractivity contribution in [3.63, 3.8) is 0 Å². The summed E-state index contributed by atoms with van der Waals surface area (Å²) in [6.45, 7) is 11.2. The number of aromatic nitrogens is 2. The Bertz CT molecular complexity index is 563. The Morgan fingerprint density at radius 1 is 1.39 bits per heavy atom. The number of nitrogens with zero attached hydrogens (tertiary/aromatic N) is 3. The lowest BCUT2D eigenvalue weighted by Gasteiger charge is -2.24. The molecule has 1 aliphatic rings. The summed E-state index contributed by atoms with van der Waals surface area (Å²) in [6.07, 6.45) is 3.51. The van der Waals surface area contributed by atoms with Gasteiger partial charge in [0.2, 0.25) is 0 Å². The maximum Gasteiger partial charge on any atom is 0.191 e. The van der Waals surface area contributed by atoms with Crippen molar-refractivity contribution in [2.24, 2.45) is 22.9 Å². The number of aliphatic hydroxyl groups is 1. The van der Waals surface area contributed by atoms with Crippen molar-refractivity contribution in [3.05, 3.63) is 18.0 Å². The van der Waals surface area contributed by atoms with Crippen LogP contribution in [-0.2, 0) is 12.6 Å². The van der Waals surface area contributed by atoms with Gasteiger partial charge in [-0.15, -0.1) is 24.0 Å². The molecule has 1 saturated carbocycles. The van der Waals surface area contributed by atoms with Crippen LogP contribution in [-0.4, -0.2) is 40.5 Å². The van der Waals surface area contributed by atoms with E-state index in [1.807, 2.05) is 13.2 Å². The third-order valence-corrected chi connectivity index (χ3v) is 5.45. The van der Waals surface area contributed by atoms with Gasteiger partial charge in [0.1, 0.15) is 5.60 Å². The zero-order valence-electron chi connectivity index (χ0n) is 15.1. The second-order valence-corrected chi connectivity index (χ2v) is 7.62. The number of aryl methyl sites for hydroxylation is 1. The van der Waals surface area contributed by atoms with E-state index in [9.17, 15) is 5.11 Å². The molecule has 1 atom stereocenters. The van der Waals surface area contributed by atoms with Gasteiger partial charge >= 0.3 is 0 Å². The molecule has 2 rings (SSSR count). The van der Waals surface area contributed by atoms with Crippen LogP contribution >= 0.6 is 24.0 Å². The molecule has 1 aromatic heterocycles. The predicted molar refractivity (Wildman–Crippen MR) is 104 cm³/mol. The molecule has 1 aliphatic carbocycles. The van der Waals surface area contributed by atoms with Crippen molar-refractivity contribution in [3.8, 4) is 0 Å². The maximum absolute atomic E-state index is 10.6. The highest BCUT2D eigenvalue weighted by molar-refractivity contribution is 14.0. The molecule has 3 N–H and O–H groups in total. The Labute approximate surface area is 156 Å². The van der Waals surface area contributed by atoms with E-state index in [2.05, 4.69) is 48.4 Å². The standard InChI is InChI=1S/C16H29N5O.HI/c1-14(2)12(15(14,3)4)20-13(17-6)18-10-16(5,22)11-8-19-21(7)9-11;/h8-9,12,22H,10H2,1-7H3,(H2,17,18,20);1H. The molecular formula is C16H30IN5O. The van der Waals surface area contributed by atoms with Gasteiger partial charge in [-0.3, -0.25) is 9.67 Å². The first-order valence-electron chi connectivity index (χ1n) is 7.71. The highest BCUT2D eigenvalue weighted by atomic mass is 127. The van der Waals surface area contributed by atoms with Gasteiger partial charge in [-0.05, 0) is 17.8 Å².